The van der Waals surface area contributed by atoms with Gasteiger partial charge >= 0.3 is 12.3 Å². The zero-order valence-corrected chi connectivity index (χ0v) is 16.4. The van der Waals surface area contributed by atoms with Gasteiger partial charge in [0.1, 0.15) is 5.92 Å². The molecule has 2 N–H and O–H groups in total. The Kier molecular flexibility index (Phi) is 5.39. The minimum Gasteiger partial charge on any atom is -0.465 e. The van der Waals surface area contributed by atoms with Gasteiger partial charge in [-0.05, 0) is 41.0 Å². The molecule has 0 fully saturated rings. The summed E-state index contributed by atoms with van der Waals surface area (Å²) in [6.45, 7) is 1.28. The molecule has 3 rings (SSSR count). The Balaban J connectivity index is 2.31. The second-order valence-electron chi connectivity index (χ2n) is 6.69. The third kappa shape index (κ3) is 3.85. The summed E-state index contributed by atoms with van der Waals surface area (Å²) >= 11 is 3.22. The minimum atomic E-state index is -4.69. The Bertz CT molecular complexity index is 999. The van der Waals surface area contributed by atoms with E-state index in [-0.39, 0.29) is 11.1 Å². The van der Waals surface area contributed by atoms with Crippen molar-refractivity contribution in [2.24, 2.45) is 0 Å². The molecule has 0 aromatic heterocycles. The zero-order valence-electron chi connectivity index (χ0n) is 14.8. The molecule has 0 radical (unpaired) electrons. The lowest BCUT2D eigenvalue weighted by atomic mass is 9.74. The average Bonchev–Trinajstić information content (AvgIpc) is 2.61. The second-order valence-corrected chi connectivity index (χ2v) is 7.60. The van der Waals surface area contributed by atoms with Crippen LogP contribution < -0.4 is 5.32 Å². The van der Waals surface area contributed by atoms with Crippen LogP contribution >= 0.6 is 15.9 Å². The molecular weight excluding hydrogens is 435 g/mol. The third-order valence-corrected chi connectivity index (χ3v) is 5.35. The van der Waals surface area contributed by atoms with Gasteiger partial charge in [0.15, 0.2) is 0 Å². The standard InChI is InChI=1S/C21H17BrF3NO2/c1-20(26-19(27)28,17-8-4-6-13-5-2-3-7-16(13)17)18(21(23,24)25)14-9-11-15(22)12-10-14/h2-12,18,26H,1H3,(H,27,28)/t18?,20-/m1/s1. The van der Waals surface area contributed by atoms with Crippen molar-refractivity contribution in [3.05, 3.63) is 82.3 Å². The van der Waals surface area contributed by atoms with E-state index in [0.717, 1.165) is 5.39 Å². The predicted molar refractivity (Wildman–Crippen MR) is 105 cm³/mol. The van der Waals surface area contributed by atoms with Crippen molar-refractivity contribution >= 4 is 32.8 Å². The molecule has 0 bridgehead atoms. The van der Waals surface area contributed by atoms with Crippen molar-refractivity contribution in [2.75, 3.05) is 0 Å². The topological polar surface area (TPSA) is 49.3 Å². The highest BCUT2D eigenvalue weighted by atomic mass is 79.9. The molecule has 0 aliphatic rings. The number of rotatable bonds is 4. The number of carbonyl (C=O) groups is 1. The van der Waals surface area contributed by atoms with Crippen LogP contribution in [-0.4, -0.2) is 17.4 Å². The number of halogens is 4. The van der Waals surface area contributed by atoms with E-state index in [1.165, 1.54) is 37.3 Å². The van der Waals surface area contributed by atoms with Crippen molar-refractivity contribution in [3.63, 3.8) is 0 Å². The molecule has 3 aromatic rings. The first-order chi connectivity index (χ1) is 13.1. The first kappa shape index (κ1) is 20.2. The van der Waals surface area contributed by atoms with Gasteiger partial charge in [-0.1, -0.05) is 70.5 Å². The number of alkyl halides is 3. The molecule has 0 saturated heterocycles. The van der Waals surface area contributed by atoms with Crippen molar-refractivity contribution in [1.82, 2.24) is 5.32 Å². The maximum absolute atomic E-state index is 14.3. The monoisotopic (exact) mass is 451 g/mol. The number of benzene rings is 3. The van der Waals surface area contributed by atoms with Gasteiger partial charge < -0.3 is 10.4 Å². The number of hydrogen-bond acceptors (Lipinski definition) is 1. The first-order valence-corrected chi connectivity index (χ1v) is 9.24. The SMILES string of the molecule is C[C@@](NC(=O)O)(c1cccc2ccccc12)C(c1ccc(Br)cc1)C(F)(F)F. The fraction of sp³-hybridized carbons (Fsp3) is 0.190. The summed E-state index contributed by atoms with van der Waals surface area (Å²) < 4.78 is 43.5. The van der Waals surface area contributed by atoms with Crippen molar-refractivity contribution in [2.45, 2.75) is 24.6 Å². The molecular formula is C21H17BrF3NO2. The summed E-state index contributed by atoms with van der Waals surface area (Å²) in [6, 6.07) is 17.7. The zero-order chi connectivity index (χ0) is 20.5. The molecule has 146 valence electrons. The van der Waals surface area contributed by atoms with Gasteiger partial charge in [0, 0.05) is 4.47 Å². The fourth-order valence-corrected chi connectivity index (χ4v) is 3.96. The van der Waals surface area contributed by atoms with E-state index >= 15 is 0 Å². The number of amides is 1. The smallest absolute Gasteiger partial charge is 0.405 e. The van der Waals surface area contributed by atoms with Gasteiger partial charge in [-0.2, -0.15) is 13.2 Å². The van der Waals surface area contributed by atoms with Crippen LogP contribution in [0.4, 0.5) is 18.0 Å². The van der Waals surface area contributed by atoms with E-state index in [4.69, 9.17) is 0 Å². The molecule has 0 spiro atoms. The Morgan fingerprint density at radius 2 is 1.61 bits per heavy atom. The fourth-order valence-electron chi connectivity index (χ4n) is 3.70. The molecule has 28 heavy (non-hydrogen) atoms. The largest absolute Gasteiger partial charge is 0.465 e. The highest BCUT2D eigenvalue weighted by Gasteiger charge is 2.54. The van der Waals surface area contributed by atoms with Crippen molar-refractivity contribution in [1.29, 1.82) is 0 Å². The van der Waals surface area contributed by atoms with E-state index in [9.17, 15) is 23.1 Å². The molecule has 1 amide bonds. The Labute approximate surface area is 168 Å². The van der Waals surface area contributed by atoms with Gasteiger partial charge in [-0.15, -0.1) is 0 Å². The quantitative estimate of drug-likeness (QED) is 0.479. The summed E-state index contributed by atoms with van der Waals surface area (Å²) in [5.41, 5.74) is -1.71. The lowest BCUT2D eigenvalue weighted by molar-refractivity contribution is -0.167. The van der Waals surface area contributed by atoms with Gasteiger partial charge in [0.2, 0.25) is 0 Å². The highest BCUT2D eigenvalue weighted by Crippen LogP contribution is 2.49. The van der Waals surface area contributed by atoms with E-state index < -0.39 is 23.7 Å². The second kappa shape index (κ2) is 7.47. The number of carboxylic acid groups (broad SMARTS) is 1. The van der Waals surface area contributed by atoms with Gasteiger partial charge in [-0.3, -0.25) is 0 Å². The molecule has 7 heteroatoms. The number of fused-ring (bicyclic) bond motifs is 1. The summed E-state index contributed by atoms with van der Waals surface area (Å²) in [7, 11) is 0. The van der Waals surface area contributed by atoms with Crippen LogP contribution in [0.15, 0.2) is 71.2 Å². The first-order valence-electron chi connectivity index (χ1n) is 8.44. The molecule has 0 saturated carbocycles. The van der Waals surface area contributed by atoms with E-state index in [1.807, 2.05) is 0 Å². The molecule has 0 aliphatic carbocycles. The van der Waals surface area contributed by atoms with Crippen LogP contribution in [0.2, 0.25) is 0 Å². The lowest BCUT2D eigenvalue weighted by Gasteiger charge is -2.40. The molecule has 3 aromatic carbocycles. The Hall–Kier alpha value is -2.54. The van der Waals surface area contributed by atoms with Crippen LogP contribution in [0.1, 0.15) is 24.0 Å². The Morgan fingerprint density at radius 3 is 2.21 bits per heavy atom. The summed E-state index contributed by atoms with van der Waals surface area (Å²) in [4.78, 5) is 11.6. The van der Waals surface area contributed by atoms with Crippen LogP contribution in [-0.2, 0) is 5.54 Å². The molecule has 2 atom stereocenters. The normalized spacial score (nSPS) is 15.0. The van der Waals surface area contributed by atoms with Gasteiger partial charge in [0.25, 0.3) is 0 Å². The summed E-state index contributed by atoms with van der Waals surface area (Å²) in [6.07, 6.45) is -6.22. The van der Waals surface area contributed by atoms with E-state index in [0.29, 0.717) is 9.86 Å². The van der Waals surface area contributed by atoms with Crippen LogP contribution in [0, 0.1) is 0 Å². The van der Waals surface area contributed by atoms with Crippen LogP contribution in [0.25, 0.3) is 10.8 Å². The maximum Gasteiger partial charge on any atom is 0.405 e. The molecule has 0 heterocycles. The molecule has 0 aliphatic heterocycles. The molecule has 1 unspecified atom stereocenters. The average molecular weight is 452 g/mol. The van der Waals surface area contributed by atoms with Crippen molar-refractivity contribution in [3.8, 4) is 0 Å². The third-order valence-electron chi connectivity index (χ3n) is 4.82. The Morgan fingerprint density at radius 1 is 1.00 bits per heavy atom. The van der Waals surface area contributed by atoms with Gasteiger partial charge in [0.05, 0.1) is 5.54 Å². The van der Waals surface area contributed by atoms with Crippen molar-refractivity contribution < 1.29 is 23.1 Å². The number of hydrogen-bond donors (Lipinski definition) is 2. The maximum atomic E-state index is 14.3. The molecule has 3 nitrogen and oxygen atoms in total. The lowest BCUT2D eigenvalue weighted by Crippen LogP contribution is -2.52. The highest BCUT2D eigenvalue weighted by molar-refractivity contribution is 9.10. The predicted octanol–water partition coefficient (Wildman–Crippen LogP) is 6.43. The van der Waals surface area contributed by atoms with Crippen LogP contribution in [0.5, 0.6) is 0 Å². The minimum absolute atomic E-state index is 0.0279. The summed E-state index contributed by atoms with van der Waals surface area (Å²) in [5, 5.41) is 12.9. The number of nitrogens with one attached hydrogen (secondary N) is 1. The van der Waals surface area contributed by atoms with Crippen LogP contribution in [0.3, 0.4) is 0 Å². The van der Waals surface area contributed by atoms with E-state index in [2.05, 4.69) is 21.2 Å². The van der Waals surface area contributed by atoms with E-state index in [1.54, 1.807) is 36.4 Å². The summed E-state index contributed by atoms with van der Waals surface area (Å²) in [5.74, 6) is -2.09. The van der Waals surface area contributed by atoms with Gasteiger partial charge in [-0.25, -0.2) is 4.79 Å².